The third-order valence-corrected chi connectivity index (χ3v) is 4.31. The maximum absolute atomic E-state index is 12.9. The lowest BCUT2D eigenvalue weighted by Gasteiger charge is -2.30. The Bertz CT molecular complexity index is 934. The zero-order chi connectivity index (χ0) is 21.2. The number of carbonyl (C=O) groups is 2. The molecule has 0 radical (unpaired) electrons. The van der Waals surface area contributed by atoms with Crippen LogP contribution in [0.3, 0.4) is 0 Å². The molecule has 154 valence electrons. The van der Waals surface area contributed by atoms with Gasteiger partial charge in [0.2, 0.25) is 6.10 Å². The first-order chi connectivity index (χ1) is 13.6. The van der Waals surface area contributed by atoms with Gasteiger partial charge in [-0.1, -0.05) is 23.7 Å². The zero-order valence-electron chi connectivity index (χ0n) is 15.0. The number of esters is 1. The van der Waals surface area contributed by atoms with Gasteiger partial charge in [-0.25, -0.2) is 4.79 Å². The van der Waals surface area contributed by atoms with E-state index in [0.717, 1.165) is 6.07 Å². The summed E-state index contributed by atoms with van der Waals surface area (Å²) in [6.45, 7) is 0.894. The van der Waals surface area contributed by atoms with E-state index < -0.39 is 47.5 Å². The number of amides is 1. The molecule has 2 aromatic carbocycles. The molecule has 0 saturated heterocycles. The molecule has 6 nitrogen and oxygen atoms in total. The monoisotopic (exact) mass is 429 g/mol. The number of ether oxygens (including phenoxy) is 3. The maximum Gasteiger partial charge on any atom is 0.417 e. The lowest BCUT2D eigenvalue weighted by Crippen LogP contribution is -2.45. The molecular formula is C19H15ClF3NO5. The highest BCUT2D eigenvalue weighted by Crippen LogP contribution is 2.36. The fraction of sp³-hybridized carbons (Fsp3) is 0.263. The molecule has 0 fully saturated rings. The number of rotatable bonds is 4. The predicted octanol–water partition coefficient (Wildman–Crippen LogP) is 4.07. The molecular weight excluding hydrogens is 415 g/mol. The molecule has 2 aromatic rings. The van der Waals surface area contributed by atoms with E-state index in [1.54, 1.807) is 31.2 Å². The number of hydrogen-bond donors (Lipinski definition) is 1. The van der Waals surface area contributed by atoms with E-state index in [4.69, 9.17) is 25.8 Å². The third-order valence-electron chi connectivity index (χ3n) is 3.98. The second kappa shape index (κ2) is 8.20. The van der Waals surface area contributed by atoms with Gasteiger partial charge in [-0.3, -0.25) is 4.79 Å². The SMILES string of the molecule is CC1Oc2ccccc2OC1C(=O)OCC(=O)Nc1ccc(Cl)c(C(F)(F)F)c1. The van der Waals surface area contributed by atoms with Gasteiger partial charge in [-0.15, -0.1) is 0 Å². The molecule has 0 aliphatic carbocycles. The number of carbonyl (C=O) groups excluding carboxylic acids is 2. The Morgan fingerprint density at radius 3 is 2.45 bits per heavy atom. The molecule has 1 amide bonds. The molecule has 0 bridgehead atoms. The van der Waals surface area contributed by atoms with Crippen LogP contribution in [0, 0.1) is 0 Å². The molecule has 1 N–H and O–H groups in total. The lowest BCUT2D eigenvalue weighted by molar-refractivity contribution is -0.159. The lowest BCUT2D eigenvalue weighted by atomic mass is 10.2. The van der Waals surface area contributed by atoms with Crippen molar-refractivity contribution in [1.29, 1.82) is 0 Å². The van der Waals surface area contributed by atoms with Gasteiger partial charge >= 0.3 is 12.1 Å². The maximum atomic E-state index is 12.9. The van der Waals surface area contributed by atoms with Crippen LogP contribution in [0.25, 0.3) is 0 Å². The van der Waals surface area contributed by atoms with Crippen LogP contribution < -0.4 is 14.8 Å². The fourth-order valence-electron chi connectivity index (χ4n) is 2.62. The molecule has 1 aliphatic rings. The highest BCUT2D eigenvalue weighted by atomic mass is 35.5. The van der Waals surface area contributed by atoms with Crippen LogP contribution in [0.4, 0.5) is 18.9 Å². The van der Waals surface area contributed by atoms with Gasteiger partial charge in [0.05, 0.1) is 10.6 Å². The van der Waals surface area contributed by atoms with E-state index in [0.29, 0.717) is 17.6 Å². The van der Waals surface area contributed by atoms with Crippen LogP contribution in [0.15, 0.2) is 42.5 Å². The van der Waals surface area contributed by atoms with Crippen molar-refractivity contribution in [3.05, 3.63) is 53.1 Å². The number of hydrogen-bond acceptors (Lipinski definition) is 5. The quantitative estimate of drug-likeness (QED) is 0.742. The van der Waals surface area contributed by atoms with Crippen molar-refractivity contribution in [1.82, 2.24) is 0 Å². The summed E-state index contributed by atoms with van der Waals surface area (Å²) >= 11 is 5.53. The number of alkyl halides is 3. The summed E-state index contributed by atoms with van der Waals surface area (Å²) < 4.78 is 54.7. The average Bonchev–Trinajstić information content (AvgIpc) is 2.66. The third kappa shape index (κ3) is 4.92. The van der Waals surface area contributed by atoms with Gasteiger partial charge in [0, 0.05) is 5.69 Å². The highest BCUT2D eigenvalue weighted by Gasteiger charge is 2.36. The minimum absolute atomic E-state index is 0.137. The van der Waals surface area contributed by atoms with Crippen molar-refractivity contribution in [2.75, 3.05) is 11.9 Å². The molecule has 29 heavy (non-hydrogen) atoms. The molecule has 1 heterocycles. The van der Waals surface area contributed by atoms with E-state index in [1.165, 1.54) is 6.07 Å². The van der Waals surface area contributed by atoms with E-state index in [-0.39, 0.29) is 5.69 Å². The van der Waals surface area contributed by atoms with Gasteiger partial charge in [-0.2, -0.15) is 13.2 Å². The van der Waals surface area contributed by atoms with Crippen LogP contribution in [-0.4, -0.2) is 30.7 Å². The first kappa shape index (κ1) is 20.8. The number of anilines is 1. The Morgan fingerprint density at radius 2 is 1.79 bits per heavy atom. The van der Waals surface area contributed by atoms with Crippen molar-refractivity contribution in [2.24, 2.45) is 0 Å². The Kier molecular flexibility index (Phi) is 5.88. The van der Waals surface area contributed by atoms with Gasteiger partial charge in [0.25, 0.3) is 5.91 Å². The summed E-state index contributed by atoms with van der Waals surface area (Å²) in [7, 11) is 0. The summed E-state index contributed by atoms with van der Waals surface area (Å²) in [6.07, 6.45) is -6.43. The molecule has 2 unspecified atom stereocenters. The molecule has 0 aromatic heterocycles. The smallest absolute Gasteiger partial charge is 0.417 e. The van der Waals surface area contributed by atoms with Crippen molar-refractivity contribution in [3.63, 3.8) is 0 Å². The topological polar surface area (TPSA) is 73.9 Å². The fourth-order valence-corrected chi connectivity index (χ4v) is 2.84. The summed E-state index contributed by atoms with van der Waals surface area (Å²) in [6, 6.07) is 9.66. The van der Waals surface area contributed by atoms with Crippen molar-refractivity contribution in [3.8, 4) is 11.5 Å². The normalized spacial score (nSPS) is 18.1. The Hall–Kier alpha value is -2.94. The summed E-state index contributed by atoms with van der Waals surface area (Å²) in [5.41, 5.74) is -1.23. The van der Waals surface area contributed by atoms with E-state index in [9.17, 15) is 22.8 Å². The number of benzene rings is 2. The molecule has 0 spiro atoms. The van der Waals surface area contributed by atoms with Crippen molar-refractivity contribution >= 4 is 29.2 Å². The second-order valence-corrected chi connectivity index (χ2v) is 6.56. The predicted molar refractivity (Wildman–Crippen MR) is 97.0 cm³/mol. The van der Waals surface area contributed by atoms with Crippen LogP contribution in [0.1, 0.15) is 12.5 Å². The Morgan fingerprint density at radius 1 is 1.14 bits per heavy atom. The first-order valence-corrected chi connectivity index (χ1v) is 8.78. The van der Waals surface area contributed by atoms with Crippen molar-refractivity contribution < 1.29 is 37.0 Å². The van der Waals surface area contributed by atoms with E-state index >= 15 is 0 Å². The summed E-state index contributed by atoms with van der Waals surface area (Å²) in [5.74, 6) is -0.823. The van der Waals surface area contributed by atoms with Crippen LogP contribution >= 0.6 is 11.6 Å². The molecule has 3 rings (SSSR count). The molecule has 1 aliphatic heterocycles. The minimum Gasteiger partial charge on any atom is -0.482 e. The summed E-state index contributed by atoms with van der Waals surface area (Å²) in [4.78, 5) is 24.2. The number of halogens is 4. The largest absolute Gasteiger partial charge is 0.482 e. The highest BCUT2D eigenvalue weighted by molar-refractivity contribution is 6.31. The average molecular weight is 430 g/mol. The molecule has 2 atom stereocenters. The minimum atomic E-state index is -4.67. The second-order valence-electron chi connectivity index (χ2n) is 6.16. The number of fused-ring (bicyclic) bond motifs is 1. The standard InChI is InChI=1S/C19H15ClF3NO5/c1-10-17(29-15-5-3-2-4-14(15)28-10)18(26)27-9-16(25)24-11-6-7-13(20)12(8-11)19(21,22)23/h2-8,10,17H,9H2,1H3,(H,24,25). The van der Waals surface area contributed by atoms with E-state index in [1.807, 2.05) is 0 Å². The van der Waals surface area contributed by atoms with Gasteiger partial charge in [0.15, 0.2) is 18.1 Å². The zero-order valence-corrected chi connectivity index (χ0v) is 15.7. The number of nitrogens with one attached hydrogen (secondary N) is 1. The van der Waals surface area contributed by atoms with E-state index in [2.05, 4.69) is 5.32 Å². The van der Waals surface area contributed by atoms with Crippen LogP contribution in [-0.2, 0) is 20.5 Å². The molecule has 0 saturated carbocycles. The number of para-hydroxylation sites is 2. The van der Waals surface area contributed by atoms with Gasteiger partial charge < -0.3 is 19.5 Å². The Balaban J connectivity index is 1.58. The van der Waals surface area contributed by atoms with Gasteiger partial charge in [0.1, 0.15) is 6.10 Å². The molecule has 10 heteroatoms. The Labute approximate surface area is 168 Å². The summed E-state index contributed by atoms with van der Waals surface area (Å²) in [5, 5.41) is 1.73. The van der Waals surface area contributed by atoms with Crippen LogP contribution in [0.2, 0.25) is 5.02 Å². The first-order valence-electron chi connectivity index (χ1n) is 8.40. The van der Waals surface area contributed by atoms with Crippen LogP contribution in [0.5, 0.6) is 11.5 Å². The van der Waals surface area contributed by atoms with Gasteiger partial charge in [-0.05, 0) is 37.3 Å². The van der Waals surface area contributed by atoms with Crippen molar-refractivity contribution in [2.45, 2.75) is 25.3 Å².